The van der Waals surface area contributed by atoms with Gasteiger partial charge < -0.3 is 9.84 Å². The lowest BCUT2D eigenvalue weighted by Gasteiger charge is -2.12. The number of ether oxygens (including phenoxy) is 1. The van der Waals surface area contributed by atoms with E-state index in [1.54, 1.807) is 13.0 Å². The van der Waals surface area contributed by atoms with Gasteiger partial charge in [0.1, 0.15) is 0 Å². The van der Waals surface area contributed by atoms with Crippen LogP contribution >= 0.6 is 0 Å². The highest BCUT2D eigenvalue weighted by Crippen LogP contribution is 2.50. The highest BCUT2D eigenvalue weighted by molar-refractivity contribution is 6.14. The van der Waals surface area contributed by atoms with Crippen LogP contribution in [-0.4, -0.2) is 29.5 Å². The Hall–Kier alpha value is -3.21. The van der Waals surface area contributed by atoms with Crippen LogP contribution in [0.25, 0.3) is 0 Å². The van der Waals surface area contributed by atoms with Crippen molar-refractivity contribution in [3.63, 3.8) is 0 Å². The molecule has 0 saturated heterocycles. The quantitative estimate of drug-likeness (QED) is 0.415. The first-order valence-corrected chi connectivity index (χ1v) is 9.20. The van der Waals surface area contributed by atoms with Gasteiger partial charge in [-0.3, -0.25) is 10.2 Å². The number of amidine groups is 1. The molecule has 2 aromatic rings. The summed E-state index contributed by atoms with van der Waals surface area (Å²) in [6.45, 7) is 5.37. The molecule has 0 aliphatic heterocycles. The Labute approximate surface area is 164 Å². The maximum atomic E-state index is 13.0. The number of ketones is 1. The minimum atomic E-state index is -0.123. The predicted octanol–water partition coefficient (Wildman–Crippen LogP) is 4.75. The Kier molecular flexibility index (Phi) is 5.73. The van der Waals surface area contributed by atoms with Crippen LogP contribution in [0.5, 0.6) is 11.5 Å². The number of methoxy groups -OCH3 is 1. The van der Waals surface area contributed by atoms with Crippen LogP contribution in [0.15, 0.2) is 60.1 Å². The normalized spacial score (nSPS) is 18.4. The molecule has 0 aromatic heterocycles. The number of nitrogens with one attached hydrogen (secondary N) is 1. The summed E-state index contributed by atoms with van der Waals surface area (Å²) in [5, 5.41) is 18.4. The van der Waals surface area contributed by atoms with Gasteiger partial charge in [-0.2, -0.15) is 0 Å². The summed E-state index contributed by atoms with van der Waals surface area (Å²) in [4.78, 5) is 17.2. The number of nitrogens with zero attached hydrogens (tertiary/aromatic N) is 1. The minimum Gasteiger partial charge on any atom is -0.504 e. The zero-order chi connectivity index (χ0) is 20.3. The lowest BCUT2D eigenvalue weighted by atomic mass is 9.97. The lowest BCUT2D eigenvalue weighted by molar-refractivity contribution is 0.0974. The van der Waals surface area contributed by atoms with Crippen LogP contribution in [0, 0.1) is 11.3 Å². The summed E-state index contributed by atoms with van der Waals surface area (Å²) in [7, 11) is 1.43. The summed E-state index contributed by atoms with van der Waals surface area (Å²) in [6, 6.07) is 13.0. The standard InChI is InChI=1S/C23H24N2O3/c1-4-14(2)25-23(24)19-13-22(28-3)21(27)12-18(19)20(26)11-16-10-17(16)15-8-6-5-7-9-15/h4-9,12-13,16-17,24,27H,1,10-11H2,2-3H3/b24-23?,25-14-/t16-,17+/m1/s1. The fourth-order valence-electron chi connectivity index (χ4n) is 3.37. The molecule has 0 spiro atoms. The average Bonchev–Trinajstić information content (AvgIpc) is 3.47. The third kappa shape index (κ3) is 4.19. The summed E-state index contributed by atoms with van der Waals surface area (Å²) in [5.41, 5.74) is 2.46. The number of aromatic hydroxyl groups is 1. The van der Waals surface area contributed by atoms with Gasteiger partial charge in [-0.15, -0.1) is 0 Å². The number of Topliss-reactive ketones (excluding diaryl/α,β-unsaturated/α-hetero) is 1. The summed E-state index contributed by atoms with van der Waals surface area (Å²) in [6.07, 6.45) is 2.89. The van der Waals surface area contributed by atoms with E-state index in [0.29, 0.717) is 29.2 Å². The molecule has 1 aliphatic carbocycles. The molecule has 0 amide bonds. The van der Waals surface area contributed by atoms with E-state index in [1.165, 1.54) is 24.8 Å². The molecule has 144 valence electrons. The number of hydrogen-bond acceptors (Lipinski definition) is 4. The Morgan fingerprint density at radius 3 is 2.68 bits per heavy atom. The maximum Gasteiger partial charge on any atom is 0.164 e. The van der Waals surface area contributed by atoms with E-state index < -0.39 is 0 Å². The second-order valence-electron chi connectivity index (χ2n) is 7.02. The molecule has 2 N–H and O–H groups in total. The smallest absolute Gasteiger partial charge is 0.164 e. The topological polar surface area (TPSA) is 82.7 Å². The van der Waals surface area contributed by atoms with E-state index in [0.717, 1.165) is 6.42 Å². The molecule has 5 nitrogen and oxygen atoms in total. The van der Waals surface area contributed by atoms with Gasteiger partial charge in [0.2, 0.25) is 0 Å². The van der Waals surface area contributed by atoms with Gasteiger partial charge in [0, 0.05) is 23.3 Å². The van der Waals surface area contributed by atoms with Crippen LogP contribution in [0.3, 0.4) is 0 Å². The van der Waals surface area contributed by atoms with Crippen LogP contribution in [-0.2, 0) is 0 Å². The number of allylic oxidation sites excluding steroid dienone is 1. The van der Waals surface area contributed by atoms with Crippen molar-refractivity contribution in [1.82, 2.24) is 0 Å². The molecule has 2 atom stereocenters. The van der Waals surface area contributed by atoms with Crippen LogP contribution in [0.4, 0.5) is 0 Å². The van der Waals surface area contributed by atoms with Gasteiger partial charge in [-0.25, -0.2) is 4.99 Å². The van der Waals surface area contributed by atoms with E-state index in [-0.39, 0.29) is 29.0 Å². The molecule has 1 fully saturated rings. The Balaban J connectivity index is 1.86. The highest BCUT2D eigenvalue weighted by Gasteiger charge is 2.39. The van der Waals surface area contributed by atoms with Crippen molar-refractivity contribution < 1.29 is 14.6 Å². The fourth-order valence-corrected chi connectivity index (χ4v) is 3.37. The van der Waals surface area contributed by atoms with Gasteiger partial charge in [0.25, 0.3) is 0 Å². The SMILES string of the molecule is C=C/C(C)=N\C(=N)c1cc(OC)c(O)cc1C(=O)C[C@H]1C[C@H]1c1ccccc1. The summed E-state index contributed by atoms with van der Waals surface area (Å²) >= 11 is 0. The van der Waals surface area contributed by atoms with E-state index >= 15 is 0 Å². The number of aliphatic imine (C=N–C) groups is 1. The molecule has 2 aromatic carbocycles. The van der Waals surface area contributed by atoms with Gasteiger partial charge in [0.15, 0.2) is 23.1 Å². The molecular formula is C23H24N2O3. The monoisotopic (exact) mass is 376 g/mol. The predicted molar refractivity (Wildman–Crippen MR) is 111 cm³/mol. The van der Waals surface area contributed by atoms with Crippen LogP contribution in [0.1, 0.15) is 47.2 Å². The van der Waals surface area contributed by atoms with Crippen molar-refractivity contribution >= 4 is 17.3 Å². The third-order valence-electron chi connectivity index (χ3n) is 5.06. The van der Waals surface area contributed by atoms with E-state index in [1.807, 2.05) is 18.2 Å². The van der Waals surface area contributed by atoms with Gasteiger partial charge in [-0.1, -0.05) is 36.9 Å². The van der Waals surface area contributed by atoms with Crippen molar-refractivity contribution in [1.29, 1.82) is 5.41 Å². The maximum absolute atomic E-state index is 13.0. The first-order valence-electron chi connectivity index (χ1n) is 9.20. The van der Waals surface area contributed by atoms with Crippen molar-refractivity contribution in [2.45, 2.75) is 25.7 Å². The molecule has 0 radical (unpaired) electrons. The molecule has 5 heteroatoms. The van der Waals surface area contributed by atoms with Crippen molar-refractivity contribution in [2.24, 2.45) is 10.9 Å². The Morgan fingerprint density at radius 1 is 1.32 bits per heavy atom. The van der Waals surface area contributed by atoms with E-state index in [9.17, 15) is 9.90 Å². The number of carbonyl (C=O) groups excluding carboxylic acids is 1. The zero-order valence-electron chi connectivity index (χ0n) is 16.1. The van der Waals surface area contributed by atoms with Crippen molar-refractivity contribution in [3.05, 3.63) is 71.8 Å². The molecule has 3 rings (SSSR count). The second-order valence-corrected chi connectivity index (χ2v) is 7.02. The fraction of sp³-hybridized carbons (Fsp3) is 0.261. The second kappa shape index (κ2) is 8.21. The lowest BCUT2D eigenvalue weighted by Crippen LogP contribution is -2.10. The minimum absolute atomic E-state index is 0.0607. The van der Waals surface area contributed by atoms with Crippen LogP contribution < -0.4 is 4.74 Å². The third-order valence-corrected chi connectivity index (χ3v) is 5.06. The van der Waals surface area contributed by atoms with Gasteiger partial charge in [0.05, 0.1) is 7.11 Å². The largest absolute Gasteiger partial charge is 0.504 e. The molecule has 1 saturated carbocycles. The number of carbonyl (C=O) groups is 1. The molecule has 0 bridgehead atoms. The molecular weight excluding hydrogens is 352 g/mol. The first-order chi connectivity index (χ1) is 13.4. The number of benzene rings is 2. The number of rotatable bonds is 7. The van der Waals surface area contributed by atoms with Gasteiger partial charge in [-0.05, 0) is 49.0 Å². The molecule has 0 unspecified atom stereocenters. The van der Waals surface area contributed by atoms with Gasteiger partial charge >= 0.3 is 0 Å². The molecule has 1 aliphatic rings. The van der Waals surface area contributed by atoms with Crippen molar-refractivity contribution in [2.75, 3.05) is 7.11 Å². The summed E-state index contributed by atoms with van der Waals surface area (Å²) in [5.74, 6) is 0.584. The number of hydrogen-bond donors (Lipinski definition) is 2. The van der Waals surface area contributed by atoms with Crippen molar-refractivity contribution in [3.8, 4) is 11.5 Å². The Morgan fingerprint density at radius 2 is 2.04 bits per heavy atom. The van der Waals surface area contributed by atoms with E-state index in [4.69, 9.17) is 10.1 Å². The summed E-state index contributed by atoms with van der Waals surface area (Å²) < 4.78 is 5.14. The van der Waals surface area contributed by atoms with Crippen LogP contribution in [0.2, 0.25) is 0 Å². The molecule has 0 heterocycles. The Bertz CT molecular complexity index is 948. The average molecular weight is 376 g/mol. The van der Waals surface area contributed by atoms with E-state index in [2.05, 4.69) is 23.7 Å². The zero-order valence-corrected chi connectivity index (χ0v) is 16.1. The number of phenols is 1. The number of phenolic OH excluding ortho intramolecular Hbond substituents is 1. The highest BCUT2D eigenvalue weighted by atomic mass is 16.5. The first kappa shape index (κ1) is 19.5. The molecule has 28 heavy (non-hydrogen) atoms.